The van der Waals surface area contributed by atoms with Gasteiger partial charge in [-0.1, -0.05) is 70.6 Å². The molecule has 0 aliphatic heterocycles. The van der Waals surface area contributed by atoms with E-state index in [1.807, 2.05) is 37.3 Å². The Balaban J connectivity index is 2.46. The highest BCUT2D eigenvalue weighted by Gasteiger charge is 2.33. The zero-order valence-electron chi connectivity index (χ0n) is 14.9. The largest absolute Gasteiger partial charge is 0.462 e. The van der Waals surface area contributed by atoms with Crippen molar-refractivity contribution >= 4 is 0 Å². The van der Waals surface area contributed by atoms with Crippen LogP contribution in [0, 0.1) is 5.92 Å². The van der Waals surface area contributed by atoms with Gasteiger partial charge >= 0.3 is 0 Å². The van der Waals surface area contributed by atoms with Gasteiger partial charge in [-0.25, -0.2) is 0 Å². The molecule has 2 unspecified atom stereocenters. The monoisotopic (exact) mass is 306 g/mol. The molecular weight excluding hydrogens is 272 g/mol. The van der Waals surface area contributed by atoms with Crippen LogP contribution in [0.4, 0.5) is 0 Å². The minimum absolute atomic E-state index is 0.374. The first-order valence-corrected chi connectivity index (χ1v) is 9.00. The summed E-state index contributed by atoms with van der Waals surface area (Å²) in [6.07, 6.45) is 9.12. The number of para-hydroxylation sites is 1. The van der Waals surface area contributed by atoms with E-state index in [9.17, 15) is 0 Å². The van der Waals surface area contributed by atoms with E-state index in [1.54, 1.807) is 0 Å². The molecule has 0 aromatic heterocycles. The Bertz CT molecular complexity index is 377. The molecule has 2 atom stereocenters. The third kappa shape index (κ3) is 6.83. The first-order chi connectivity index (χ1) is 10.6. The van der Waals surface area contributed by atoms with E-state index in [1.165, 1.54) is 38.5 Å². The Kier molecular flexibility index (Phi) is 9.22. The standard InChI is InChI=1S/C20H34O2/c1-5-7-8-9-10-12-15-18(3)20(4,21-6-2)22-19-16-13-11-14-17-19/h11,13-14,16-18H,5-10,12,15H2,1-4H3. The van der Waals surface area contributed by atoms with Crippen LogP contribution in [0.5, 0.6) is 5.75 Å². The van der Waals surface area contributed by atoms with Crippen molar-refractivity contribution in [2.45, 2.75) is 78.4 Å². The highest BCUT2D eigenvalue weighted by atomic mass is 16.7. The second-order valence-corrected chi connectivity index (χ2v) is 6.32. The summed E-state index contributed by atoms with van der Waals surface area (Å²) in [5, 5.41) is 0. The van der Waals surface area contributed by atoms with Gasteiger partial charge < -0.3 is 9.47 Å². The molecule has 126 valence electrons. The highest BCUT2D eigenvalue weighted by molar-refractivity contribution is 5.21. The molecule has 1 aromatic carbocycles. The first-order valence-electron chi connectivity index (χ1n) is 9.00. The molecule has 0 amide bonds. The summed E-state index contributed by atoms with van der Waals surface area (Å²) in [5.74, 6) is 0.714. The third-order valence-electron chi connectivity index (χ3n) is 4.38. The fourth-order valence-electron chi connectivity index (χ4n) is 2.77. The molecule has 0 fully saturated rings. The van der Waals surface area contributed by atoms with Crippen LogP contribution in [0.3, 0.4) is 0 Å². The third-order valence-corrected chi connectivity index (χ3v) is 4.38. The molecule has 0 aliphatic carbocycles. The highest BCUT2D eigenvalue weighted by Crippen LogP contribution is 2.30. The molecule has 1 aromatic rings. The van der Waals surface area contributed by atoms with Crippen LogP contribution in [0.2, 0.25) is 0 Å². The van der Waals surface area contributed by atoms with Crippen LogP contribution < -0.4 is 4.74 Å². The van der Waals surface area contributed by atoms with E-state index in [0.29, 0.717) is 12.5 Å². The maximum atomic E-state index is 6.18. The van der Waals surface area contributed by atoms with Gasteiger partial charge in [0.2, 0.25) is 5.79 Å². The van der Waals surface area contributed by atoms with E-state index in [4.69, 9.17) is 9.47 Å². The van der Waals surface area contributed by atoms with Crippen molar-refractivity contribution in [3.8, 4) is 5.75 Å². The minimum atomic E-state index is -0.542. The summed E-state index contributed by atoms with van der Waals surface area (Å²) < 4.78 is 12.1. The Labute approximate surface area is 137 Å². The van der Waals surface area contributed by atoms with Crippen LogP contribution in [-0.2, 0) is 4.74 Å². The van der Waals surface area contributed by atoms with Crippen LogP contribution in [-0.4, -0.2) is 12.4 Å². The number of rotatable bonds is 12. The van der Waals surface area contributed by atoms with Crippen LogP contribution in [0.1, 0.15) is 72.6 Å². The van der Waals surface area contributed by atoms with Crippen LogP contribution >= 0.6 is 0 Å². The fraction of sp³-hybridized carbons (Fsp3) is 0.700. The SMILES string of the molecule is CCCCCCCCC(C)C(C)(OCC)Oc1ccccc1. The molecule has 1 rings (SSSR count). The summed E-state index contributed by atoms with van der Waals surface area (Å²) in [7, 11) is 0. The molecule has 0 saturated heterocycles. The Morgan fingerprint density at radius 3 is 2.23 bits per heavy atom. The van der Waals surface area contributed by atoms with Crippen molar-refractivity contribution in [1.29, 1.82) is 0 Å². The smallest absolute Gasteiger partial charge is 0.210 e. The summed E-state index contributed by atoms with van der Waals surface area (Å²) in [5.41, 5.74) is 0. The van der Waals surface area contributed by atoms with Crippen molar-refractivity contribution < 1.29 is 9.47 Å². The lowest BCUT2D eigenvalue weighted by molar-refractivity contribution is -0.200. The number of hydrogen-bond donors (Lipinski definition) is 0. The van der Waals surface area contributed by atoms with Gasteiger partial charge in [0.25, 0.3) is 0 Å². The fourth-order valence-corrected chi connectivity index (χ4v) is 2.77. The van der Waals surface area contributed by atoms with E-state index in [0.717, 1.165) is 12.2 Å². The Morgan fingerprint density at radius 2 is 1.59 bits per heavy atom. The van der Waals surface area contributed by atoms with Gasteiger partial charge in [0, 0.05) is 19.4 Å². The molecule has 0 saturated carbocycles. The average molecular weight is 306 g/mol. The van der Waals surface area contributed by atoms with Crippen molar-refractivity contribution in [3.63, 3.8) is 0 Å². The molecule has 2 nitrogen and oxygen atoms in total. The van der Waals surface area contributed by atoms with Crippen molar-refractivity contribution in [3.05, 3.63) is 30.3 Å². The number of hydrogen-bond acceptors (Lipinski definition) is 2. The topological polar surface area (TPSA) is 18.5 Å². The normalized spacial score (nSPS) is 15.3. The number of unbranched alkanes of at least 4 members (excludes halogenated alkanes) is 5. The first kappa shape index (κ1) is 19.0. The lowest BCUT2D eigenvalue weighted by Crippen LogP contribution is -2.42. The molecular formula is C20H34O2. The molecule has 0 spiro atoms. The lowest BCUT2D eigenvalue weighted by Gasteiger charge is -2.36. The zero-order valence-corrected chi connectivity index (χ0v) is 14.9. The second kappa shape index (κ2) is 10.7. The molecule has 0 aliphatic rings. The van der Waals surface area contributed by atoms with Crippen molar-refractivity contribution in [1.82, 2.24) is 0 Å². The van der Waals surface area contributed by atoms with Crippen LogP contribution in [0.15, 0.2) is 30.3 Å². The predicted octanol–water partition coefficient (Wildman–Crippen LogP) is 6.20. The van der Waals surface area contributed by atoms with E-state index >= 15 is 0 Å². The van der Waals surface area contributed by atoms with E-state index in [-0.39, 0.29) is 0 Å². The average Bonchev–Trinajstić information content (AvgIpc) is 2.51. The van der Waals surface area contributed by atoms with Gasteiger partial charge in [-0.15, -0.1) is 0 Å². The maximum Gasteiger partial charge on any atom is 0.210 e. The van der Waals surface area contributed by atoms with Gasteiger partial charge in [-0.05, 0) is 25.5 Å². The molecule has 0 bridgehead atoms. The maximum absolute atomic E-state index is 6.18. The number of ether oxygens (including phenoxy) is 2. The quantitative estimate of drug-likeness (QED) is 0.338. The van der Waals surface area contributed by atoms with Crippen molar-refractivity contribution in [2.24, 2.45) is 5.92 Å². The summed E-state index contributed by atoms with van der Waals surface area (Å²) in [4.78, 5) is 0. The molecule has 0 heterocycles. The summed E-state index contributed by atoms with van der Waals surface area (Å²) in [6.45, 7) is 9.28. The molecule has 0 N–H and O–H groups in total. The van der Waals surface area contributed by atoms with Gasteiger partial charge in [-0.3, -0.25) is 0 Å². The summed E-state index contributed by atoms with van der Waals surface area (Å²) in [6, 6.07) is 9.99. The molecule has 22 heavy (non-hydrogen) atoms. The van der Waals surface area contributed by atoms with E-state index < -0.39 is 5.79 Å². The van der Waals surface area contributed by atoms with Crippen LogP contribution in [0.25, 0.3) is 0 Å². The minimum Gasteiger partial charge on any atom is -0.462 e. The van der Waals surface area contributed by atoms with Gasteiger partial charge in [0.1, 0.15) is 5.75 Å². The van der Waals surface area contributed by atoms with Gasteiger partial charge in [-0.2, -0.15) is 0 Å². The lowest BCUT2D eigenvalue weighted by atomic mass is 9.94. The summed E-state index contributed by atoms with van der Waals surface area (Å²) >= 11 is 0. The molecule has 0 radical (unpaired) electrons. The van der Waals surface area contributed by atoms with Gasteiger partial charge in [0.05, 0.1) is 0 Å². The Morgan fingerprint density at radius 1 is 0.955 bits per heavy atom. The Hall–Kier alpha value is -1.02. The number of benzene rings is 1. The van der Waals surface area contributed by atoms with Crippen molar-refractivity contribution in [2.75, 3.05) is 6.61 Å². The molecule has 2 heteroatoms. The predicted molar refractivity (Wildman–Crippen MR) is 94.3 cm³/mol. The van der Waals surface area contributed by atoms with Gasteiger partial charge in [0.15, 0.2) is 0 Å². The second-order valence-electron chi connectivity index (χ2n) is 6.32. The zero-order chi connectivity index (χ0) is 16.3. The van der Waals surface area contributed by atoms with E-state index in [2.05, 4.69) is 20.8 Å².